The molecule has 0 aromatic heterocycles. The molecule has 2 aliphatic rings. The van der Waals surface area contributed by atoms with E-state index in [9.17, 15) is 9.59 Å². The van der Waals surface area contributed by atoms with E-state index in [1.807, 2.05) is 13.8 Å². The predicted octanol–water partition coefficient (Wildman–Crippen LogP) is 0.139. The zero-order chi connectivity index (χ0) is 10.3. The number of fused-ring (bicyclic) bond motifs is 1. The van der Waals surface area contributed by atoms with E-state index in [0.717, 1.165) is 5.75 Å². The summed E-state index contributed by atoms with van der Waals surface area (Å²) >= 11 is 1.66. The van der Waals surface area contributed by atoms with E-state index in [4.69, 9.17) is 0 Å². The van der Waals surface area contributed by atoms with Gasteiger partial charge in [-0.25, -0.2) is 0 Å². The normalized spacial score (nSPS) is 27.5. The molecular weight excluding hydrogens is 200 g/mol. The fourth-order valence-corrected chi connectivity index (χ4v) is 3.01. The summed E-state index contributed by atoms with van der Waals surface area (Å²) in [6.45, 7) is 4.15. The molecule has 4 nitrogen and oxygen atoms in total. The Morgan fingerprint density at radius 3 is 2.79 bits per heavy atom. The zero-order valence-corrected chi connectivity index (χ0v) is 9.21. The van der Waals surface area contributed by atoms with Crippen molar-refractivity contribution in [1.29, 1.82) is 0 Å². The highest BCUT2D eigenvalue weighted by Crippen LogP contribution is 2.26. The fraction of sp³-hybridized carbons (Fsp3) is 0.778. The number of carbonyl (C=O) groups is 2. The molecule has 2 saturated heterocycles. The topological polar surface area (TPSA) is 40.6 Å². The second kappa shape index (κ2) is 3.46. The average Bonchev–Trinajstić information content (AvgIpc) is 2.59. The van der Waals surface area contributed by atoms with Gasteiger partial charge in [-0.1, -0.05) is 0 Å². The number of rotatable bonds is 1. The minimum Gasteiger partial charge on any atom is -0.329 e. The van der Waals surface area contributed by atoms with Crippen LogP contribution < -0.4 is 0 Å². The van der Waals surface area contributed by atoms with Crippen molar-refractivity contribution < 1.29 is 9.59 Å². The van der Waals surface area contributed by atoms with Crippen LogP contribution >= 0.6 is 11.8 Å². The van der Waals surface area contributed by atoms with Gasteiger partial charge in [-0.15, -0.1) is 11.8 Å². The fourth-order valence-electron chi connectivity index (χ4n) is 1.84. The van der Waals surface area contributed by atoms with Gasteiger partial charge < -0.3 is 9.80 Å². The first-order valence-corrected chi connectivity index (χ1v) is 5.94. The molecule has 0 bridgehead atoms. The van der Waals surface area contributed by atoms with Gasteiger partial charge in [-0.2, -0.15) is 0 Å². The zero-order valence-electron chi connectivity index (χ0n) is 8.40. The molecule has 0 saturated carbocycles. The molecule has 0 spiro atoms. The lowest BCUT2D eigenvalue weighted by atomic mass is 10.1. The Morgan fingerprint density at radius 1 is 1.43 bits per heavy atom. The Labute approximate surface area is 87.6 Å². The lowest BCUT2D eigenvalue weighted by Gasteiger charge is -2.37. The molecule has 2 heterocycles. The third-order valence-electron chi connectivity index (χ3n) is 2.70. The van der Waals surface area contributed by atoms with E-state index in [2.05, 4.69) is 0 Å². The smallest absolute Gasteiger partial charge is 0.246 e. The quantitative estimate of drug-likeness (QED) is 0.623. The van der Waals surface area contributed by atoms with Crippen molar-refractivity contribution in [2.75, 3.05) is 18.2 Å². The summed E-state index contributed by atoms with van der Waals surface area (Å²) in [4.78, 5) is 26.9. The predicted molar refractivity (Wildman–Crippen MR) is 54.8 cm³/mol. The molecule has 2 amide bonds. The minimum absolute atomic E-state index is 0.0910. The Hall–Kier alpha value is -0.710. The van der Waals surface area contributed by atoms with Gasteiger partial charge in [0, 0.05) is 11.8 Å². The van der Waals surface area contributed by atoms with Crippen LogP contribution in [0.4, 0.5) is 0 Å². The van der Waals surface area contributed by atoms with Gasteiger partial charge in [0.15, 0.2) is 0 Å². The number of hydrogen-bond acceptors (Lipinski definition) is 3. The van der Waals surface area contributed by atoms with Crippen LogP contribution in [0.25, 0.3) is 0 Å². The van der Waals surface area contributed by atoms with Gasteiger partial charge in [0.05, 0.1) is 5.88 Å². The lowest BCUT2D eigenvalue weighted by Crippen LogP contribution is -2.59. The number of hydrogen-bond donors (Lipinski definition) is 0. The molecule has 5 heteroatoms. The average molecular weight is 214 g/mol. The third-order valence-corrected chi connectivity index (χ3v) is 3.71. The number of amides is 2. The van der Waals surface area contributed by atoms with Gasteiger partial charge in [0.1, 0.15) is 12.6 Å². The third kappa shape index (κ3) is 1.39. The van der Waals surface area contributed by atoms with Crippen LogP contribution in [-0.4, -0.2) is 51.9 Å². The minimum atomic E-state index is -0.191. The molecule has 2 fully saturated rings. The van der Waals surface area contributed by atoms with Gasteiger partial charge in [-0.3, -0.25) is 9.59 Å². The van der Waals surface area contributed by atoms with E-state index in [1.165, 1.54) is 0 Å². The lowest BCUT2D eigenvalue weighted by molar-refractivity contribution is -0.154. The monoisotopic (exact) mass is 214 g/mol. The van der Waals surface area contributed by atoms with Crippen molar-refractivity contribution in [3.05, 3.63) is 0 Å². The first kappa shape index (κ1) is 9.83. The number of thioether (sulfide) groups is 1. The van der Waals surface area contributed by atoms with Gasteiger partial charge in [-0.05, 0) is 13.8 Å². The van der Waals surface area contributed by atoms with Crippen molar-refractivity contribution in [1.82, 2.24) is 9.80 Å². The van der Waals surface area contributed by atoms with E-state index >= 15 is 0 Å². The maximum atomic E-state index is 11.9. The molecule has 1 atom stereocenters. The van der Waals surface area contributed by atoms with Crippen molar-refractivity contribution in [3.63, 3.8) is 0 Å². The van der Waals surface area contributed by atoms with E-state index in [-0.39, 0.29) is 30.4 Å². The maximum absolute atomic E-state index is 11.9. The van der Waals surface area contributed by atoms with Crippen LogP contribution in [0.1, 0.15) is 13.8 Å². The molecule has 0 N–H and O–H groups in total. The summed E-state index contributed by atoms with van der Waals surface area (Å²) in [5.74, 6) is 1.65. The summed E-state index contributed by atoms with van der Waals surface area (Å²) in [6.07, 6.45) is 0. The standard InChI is InChI=1S/C9H14N2O2S/c1-6(2)10-3-8(12)11-5-14-4-7(11)9(10)13/h6-7H,3-5H2,1-2H3/t7-/m1/s1. The van der Waals surface area contributed by atoms with Crippen LogP contribution in [0.15, 0.2) is 0 Å². The summed E-state index contributed by atoms with van der Waals surface area (Å²) in [5.41, 5.74) is 0. The SMILES string of the molecule is CC(C)N1CC(=O)N2CSC[C@@H]2C1=O. The van der Waals surface area contributed by atoms with Crippen molar-refractivity contribution >= 4 is 23.6 Å². The second-order valence-electron chi connectivity index (χ2n) is 3.94. The Bertz CT molecular complexity index is 276. The maximum Gasteiger partial charge on any atom is 0.246 e. The summed E-state index contributed by atoms with van der Waals surface area (Å²) in [7, 11) is 0. The highest BCUT2D eigenvalue weighted by atomic mass is 32.2. The largest absolute Gasteiger partial charge is 0.329 e. The summed E-state index contributed by atoms with van der Waals surface area (Å²) in [6, 6.07) is -0.0668. The molecule has 0 aromatic rings. The molecule has 0 radical (unpaired) electrons. The highest BCUT2D eigenvalue weighted by Gasteiger charge is 2.42. The molecular formula is C9H14N2O2S. The highest BCUT2D eigenvalue weighted by molar-refractivity contribution is 7.99. The van der Waals surface area contributed by atoms with Gasteiger partial charge in [0.25, 0.3) is 0 Å². The first-order valence-electron chi connectivity index (χ1n) is 4.79. The first-order chi connectivity index (χ1) is 6.61. The molecule has 0 unspecified atom stereocenters. The summed E-state index contributed by atoms with van der Waals surface area (Å²) in [5, 5.41) is 0. The molecule has 0 aromatic carbocycles. The van der Waals surface area contributed by atoms with Gasteiger partial charge in [0.2, 0.25) is 11.8 Å². The molecule has 78 valence electrons. The van der Waals surface area contributed by atoms with Crippen molar-refractivity contribution in [2.24, 2.45) is 0 Å². The summed E-state index contributed by atoms with van der Waals surface area (Å²) < 4.78 is 0. The Morgan fingerprint density at radius 2 is 2.14 bits per heavy atom. The number of piperazine rings is 1. The molecule has 2 rings (SSSR count). The van der Waals surface area contributed by atoms with E-state index in [1.54, 1.807) is 21.6 Å². The van der Waals surface area contributed by atoms with Gasteiger partial charge >= 0.3 is 0 Å². The molecule has 2 aliphatic heterocycles. The van der Waals surface area contributed by atoms with Crippen LogP contribution in [0, 0.1) is 0 Å². The van der Waals surface area contributed by atoms with Crippen LogP contribution in [0.5, 0.6) is 0 Å². The Kier molecular flexibility index (Phi) is 2.43. The van der Waals surface area contributed by atoms with Crippen molar-refractivity contribution in [3.8, 4) is 0 Å². The second-order valence-corrected chi connectivity index (χ2v) is 4.94. The van der Waals surface area contributed by atoms with Crippen LogP contribution in [-0.2, 0) is 9.59 Å². The van der Waals surface area contributed by atoms with Crippen molar-refractivity contribution in [2.45, 2.75) is 25.9 Å². The molecule has 0 aliphatic carbocycles. The van der Waals surface area contributed by atoms with Crippen LogP contribution in [0.3, 0.4) is 0 Å². The number of carbonyl (C=O) groups excluding carboxylic acids is 2. The van der Waals surface area contributed by atoms with E-state index < -0.39 is 0 Å². The molecule has 14 heavy (non-hydrogen) atoms. The van der Waals surface area contributed by atoms with Crippen LogP contribution in [0.2, 0.25) is 0 Å². The van der Waals surface area contributed by atoms with E-state index in [0.29, 0.717) is 5.88 Å². The Balaban J connectivity index is 2.20. The number of nitrogens with zero attached hydrogens (tertiary/aromatic N) is 2.